The number of imide groups is 1. The van der Waals surface area contributed by atoms with Gasteiger partial charge < -0.3 is 10.6 Å². The Labute approximate surface area is 180 Å². The minimum Gasteiger partial charge on any atom is -0.355 e. The average Bonchev–Trinajstić information content (AvgIpc) is 3.33. The van der Waals surface area contributed by atoms with Crippen molar-refractivity contribution >= 4 is 29.6 Å². The highest BCUT2D eigenvalue weighted by molar-refractivity contribution is 7.99. The first-order chi connectivity index (χ1) is 14.6. The van der Waals surface area contributed by atoms with Crippen LogP contribution in [-0.2, 0) is 9.59 Å². The summed E-state index contributed by atoms with van der Waals surface area (Å²) in [7, 11) is 0. The molecule has 1 spiro atoms. The van der Waals surface area contributed by atoms with E-state index in [0.717, 1.165) is 17.1 Å². The van der Waals surface area contributed by atoms with E-state index in [1.54, 1.807) is 11.8 Å². The maximum atomic E-state index is 12.7. The van der Waals surface area contributed by atoms with Crippen molar-refractivity contribution in [3.63, 3.8) is 0 Å². The SMILES string of the molecule is O=C(CN1C(=O)NC2(CCSC2)C1=O)NCCC(c1ccccc1)c1ccccc1. The van der Waals surface area contributed by atoms with Gasteiger partial charge in [-0.25, -0.2) is 4.79 Å². The zero-order chi connectivity index (χ0) is 21.0. The van der Waals surface area contributed by atoms with Crippen LogP contribution in [0.1, 0.15) is 29.9 Å². The van der Waals surface area contributed by atoms with Crippen molar-refractivity contribution in [1.29, 1.82) is 0 Å². The second-order valence-corrected chi connectivity index (χ2v) is 8.82. The molecule has 0 radical (unpaired) electrons. The predicted octanol–water partition coefficient (Wildman–Crippen LogP) is 2.75. The number of thioether (sulfide) groups is 1. The van der Waals surface area contributed by atoms with E-state index in [1.165, 1.54) is 11.1 Å². The molecule has 0 bridgehead atoms. The number of nitrogens with one attached hydrogen (secondary N) is 2. The zero-order valence-electron chi connectivity index (χ0n) is 16.7. The summed E-state index contributed by atoms with van der Waals surface area (Å²) >= 11 is 1.65. The molecule has 2 heterocycles. The summed E-state index contributed by atoms with van der Waals surface area (Å²) in [5.41, 5.74) is 1.56. The molecule has 6 nitrogen and oxygen atoms in total. The van der Waals surface area contributed by atoms with Crippen LogP contribution < -0.4 is 10.6 Å². The Morgan fingerprint density at radius 3 is 2.27 bits per heavy atom. The van der Waals surface area contributed by atoms with Crippen LogP contribution in [-0.4, -0.2) is 52.9 Å². The molecule has 0 aliphatic carbocycles. The first-order valence-electron chi connectivity index (χ1n) is 10.2. The van der Waals surface area contributed by atoms with E-state index in [9.17, 15) is 14.4 Å². The van der Waals surface area contributed by atoms with Crippen LogP contribution in [0.15, 0.2) is 60.7 Å². The molecule has 30 heavy (non-hydrogen) atoms. The van der Waals surface area contributed by atoms with Crippen molar-refractivity contribution in [2.45, 2.75) is 24.3 Å². The Bertz CT molecular complexity index is 874. The van der Waals surface area contributed by atoms with E-state index in [2.05, 4.69) is 34.9 Å². The Morgan fingerprint density at radius 1 is 1.07 bits per heavy atom. The van der Waals surface area contributed by atoms with E-state index in [4.69, 9.17) is 0 Å². The van der Waals surface area contributed by atoms with Gasteiger partial charge in [-0.3, -0.25) is 14.5 Å². The molecule has 0 saturated carbocycles. The second-order valence-electron chi connectivity index (χ2n) is 7.72. The molecule has 2 aromatic carbocycles. The van der Waals surface area contributed by atoms with Gasteiger partial charge in [0.15, 0.2) is 0 Å². The molecule has 2 fully saturated rings. The van der Waals surface area contributed by atoms with Gasteiger partial charge in [0.2, 0.25) is 5.91 Å². The molecule has 2 aromatic rings. The number of urea groups is 1. The number of carbonyl (C=O) groups is 3. The standard InChI is InChI=1S/C23H25N3O3S/c27-20(15-26-21(28)23(25-22(26)29)12-14-30-16-23)24-13-11-19(17-7-3-1-4-8-17)18-9-5-2-6-10-18/h1-10,19H,11-16H2,(H,24,27)(H,25,29). The number of carbonyl (C=O) groups excluding carboxylic acids is 3. The van der Waals surface area contributed by atoms with E-state index >= 15 is 0 Å². The molecular weight excluding hydrogens is 398 g/mol. The largest absolute Gasteiger partial charge is 0.355 e. The van der Waals surface area contributed by atoms with Gasteiger partial charge in [0.05, 0.1) is 0 Å². The van der Waals surface area contributed by atoms with Crippen molar-refractivity contribution in [2.75, 3.05) is 24.6 Å². The molecule has 2 saturated heterocycles. The van der Waals surface area contributed by atoms with Gasteiger partial charge in [-0.2, -0.15) is 11.8 Å². The molecule has 1 unspecified atom stereocenters. The Morgan fingerprint density at radius 2 is 1.70 bits per heavy atom. The number of nitrogens with zero attached hydrogens (tertiary/aromatic N) is 1. The van der Waals surface area contributed by atoms with Crippen LogP contribution in [0.5, 0.6) is 0 Å². The molecule has 2 N–H and O–H groups in total. The Kier molecular flexibility index (Phi) is 6.08. The van der Waals surface area contributed by atoms with Crippen molar-refractivity contribution in [2.24, 2.45) is 0 Å². The summed E-state index contributed by atoms with van der Waals surface area (Å²) in [5.74, 6) is 0.973. The first-order valence-corrected chi connectivity index (χ1v) is 11.3. The van der Waals surface area contributed by atoms with Gasteiger partial charge in [-0.1, -0.05) is 60.7 Å². The normalized spacial score (nSPS) is 20.8. The van der Waals surface area contributed by atoms with Gasteiger partial charge in [-0.15, -0.1) is 0 Å². The van der Waals surface area contributed by atoms with Crippen molar-refractivity contribution in [1.82, 2.24) is 15.5 Å². The molecular formula is C23H25N3O3S. The minimum atomic E-state index is -0.812. The lowest BCUT2D eigenvalue weighted by molar-refractivity contribution is -0.134. The van der Waals surface area contributed by atoms with E-state index in [-0.39, 0.29) is 24.3 Å². The third-order valence-corrected chi connectivity index (χ3v) is 6.92. The molecule has 2 aliphatic rings. The number of hydrogen-bond donors (Lipinski definition) is 2. The van der Waals surface area contributed by atoms with Gasteiger partial charge in [0.25, 0.3) is 5.91 Å². The monoisotopic (exact) mass is 423 g/mol. The molecule has 4 amide bonds. The lowest BCUT2D eigenvalue weighted by atomic mass is 9.88. The van der Waals surface area contributed by atoms with E-state index in [1.807, 2.05) is 36.4 Å². The van der Waals surface area contributed by atoms with Crippen LogP contribution in [0.3, 0.4) is 0 Å². The maximum absolute atomic E-state index is 12.7. The topological polar surface area (TPSA) is 78.5 Å². The lowest BCUT2D eigenvalue weighted by Crippen LogP contribution is -2.47. The molecule has 156 valence electrons. The van der Waals surface area contributed by atoms with Gasteiger partial charge in [0, 0.05) is 18.2 Å². The van der Waals surface area contributed by atoms with Gasteiger partial charge in [-0.05, 0) is 29.7 Å². The summed E-state index contributed by atoms with van der Waals surface area (Å²) in [6.07, 6.45) is 1.34. The van der Waals surface area contributed by atoms with Crippen molar-refractivity contribution in [3.05, 3.63) is 71.8 Å². The predicted molar refractivity (Wildman–Crippen MR) is 117 cm³/mol. The second kappa shape index (κ2) is 8.92. The zero-order valence-corrected chi connectivity index (χ0v) is 17.5. The van der Waals surface area contributed by atoms with Crippen molar-refractivity contribution in [3.8, 4) is 0 Å². The van der Waals surface area contributed by atoms with Crippen LogP contribution in [0.25, 0.3) is 0 Å². The van der Waals surface area contributed by atoms with Crippen LogP contribution >= 0.6 is 11.8 Å². The minimum absolute atomic E-state index is 0.156. The molecule has 7 heteroatoms. The molecule has 1 atom stereocenters. The third kappa shape index (κ3) is 4.21. The average molecular weight is 424 g/mol. The summed E-state index contributed by atoms with van der Waals surface area (Å²) in [6, 6.07) is 19.9. The fourth-order valence-corrected chi connectivity index (χ4v) is 5.43. The molecule has 2 aliphatic heterocycles. The smallest absolute Gasteiger partial charge is 0.325 e. The fraction of sp³-hybridized carbons (Fsp3) is 0.348. The quantitative estimate of drug-likeness (QED) is 0.672. The van der Waals surface area contributed by atoms with Gasteiger partial charge in [0.1, 0.15) is 12.1 Å². The summed E-state index contributed by atoms with van der Waals surface area (Å²) in [4.78, 5) is 38.4. The maximum Gasteiger partial charge on any atom is 0.325 e. The van der Waals surface area contributed by atoms with Crippen LogP contribution in [0.4, 0.5) is 4.79 Å². The highest BCUT2D eigenvalue weighted by Crippen LogP contribution is 2.33. The number of benzene rings is 2. The summed E-state index contributed by atoms with van der Waals surface area (Å²) < 4.78 is 0. The summed E-state index contributed by atoms with van der Waals surface area (Å²) in [6.45, 7) is 0.219. The third-order valence-electron chi connectivity index (χ3n) is 5.73. The molecule has 4 rings (SSSR count). The lowest BCUT2D eigenvalue weighted by Gasteiger charge is -2.20. The Balaban J connectivity index is 1.35. The first kappa shape index (κ1) is 20.5. The summed E-state index contributed by atoms with van der Waals surface area (Å²) in [5, 5.41) is 5.67. The van der Waals surface area contributed by atoms with Crippen molar-refractivity contribution < 1.29 is 14.4 Å². The highest BCUT2D eigenvalue weighted by atomic mass is 32.2. The fourth-order valence-electron chi connectivity index (χ4n) is 4.10. The van der Waals surface area contributed by atoms with Crippen LogP contribution in [0, 0.1) is 0 Å². The number of amides is 4. The van der Waals surface area contributed by atoms with Crippen LogP contribution in [0.2, 0.25) is 0 Å². The van der Waals surface area contributed by atoms with E-state index < -0.39 is 11.6 Å². The Hall–Kier alpha value is -2.80. The molecule has 0 aromatic heterocycles. The van der Waals surface area contributed by atoms with E-state index in [0.29, 0.717) is 18.7 Å². The highest BCUT2D eigenvalue weighted by Gasteiger charge is 2.53. The number of hydrogen-bond acceptors (Lipinski definition) is 4. The number of rotatable bonds is 7. The van der Waals surface area contributed by atoms with Gasteiger partial charge >= 0.3 is 6.03 Å².